The lowest BCUT2D eigenvalue weighted by molar-refractivity contribution is -0.145. The van der Waals surface area contributed by atoms with Crippen molar-refractivity contribution in [3.05, 3.63) is 101 Å². The maximum Gasteiger partial charge on any atom is 0.329 e. The molecule has 6 heteroatoms. The lowest BCUT2D eigenvalue weighted by Gasteiger charge is -2.37. The highest BCUT2D eigenvalue weighted by atomic mass is 16.5. The van der Waals surface area contributed by atoms with Crippen LogP contribution < -0.4 is 10.2 Å². The predicted octanol–water partition coefficient (Wildman–Crippen LogP) is 5.18. The van der Waals surface area contributed by atoms with Gasteiger partial charge in [-0.2, -0.15) is 0 Å². The summed E-state index contributed by atoms with van der Waals surface area (Å²) >= 11 is 0. The zero-order chi connectivity index (χ0) is 26.4. The van der Waals surface area contributed by atoms with Gasteiger partial charge in [0.2, 0.25) is 5.91 Å². The van der Waals surface area contributed by atoms with Crippen molar-refractivity contribution in [2.75, 3.05) is 16.8 Å². The summed E-state index contributed by atoms with van der Waals surface area (Å²) in [5.41, 5.74) is 3.46. The van der Waals surface area contributed by atoms with E-state index in [9.17, 15) is 14.4 Å². The number of hydrogen-bond acceptors (Lipinski definition) is 5. The van der Waals surface area contributed by atoms with Crippen LogP contribution in [0.3, 0.4) is 0 Å². The van der Waals surface area contributed by atoms with Gasteiger partial charge in [-0.05, 0) is 42.2 Å². The summed E-state index contributed by atoms with van der Waals surface area (Å²) in [7, 11) is 0. The molecule has 6 nitrogen and oxygen atoms in total. The largest absolute Gasteiger partial charge is 0.464 e. The van der Waals surface area contributed by atoms with Gasteiger partial charge < -0.3 is 15.0 Å². The number of benzene rings is 3. The first kappa shape index (κ1) is 24.2. The highest BCUT2D eigenvalue weighted by molar-refractivity contribution is 6.16. The van der Waals surface area contributed by atoms with Gasteiger partial charge in [0.25, 0.3) is 0 Å². The number of para-hydroxylation sites is 2. The van der Waals surface area contributed by atoms with E-state index in [2.05, 4.69) is 12.2 Å². The molecule has 1 saturated heterocycles. The van der Waals surface area contributed by atoms with Crippen molar-refractivity contribution in [1.29, 1.82) is 0 Å². The molecule has 0 radical (unpaired) electrons. The maximum atomic E-state index is 14.6. The van der Waals surface area contributed by atoms with Gasteiger partial charge in [0.15, 0.2) is 5.78 Å². The number of ketones is 1. The van der Waals surface area contributed by atoms with Gasteiger partial charge in [-0.3, -0.25) is 9.59 Å². The number of ether oxygens (including phenoxy) is 1. The SMILES string of the molecule is CCCc1ccc(C(=O)[C@@H]2[C@@H](C(=O)OCC)N3c4ccccc4C=C[C@@H]3[C@]23C(=O)Nc2ccccc23)cc1. The number of aryl methyl sites for hydroxylation is 1. The Bertz CT molecular complexity index is 1460. The molecule has 192 valence electrons. The van der Waals surface area contributed by atoms with Crippen LogP contribution in [0.2, 0.25) is 0 Å². The molecule has 1 spiro atoms. The van der Waals surface area contributed by atoms with Crippen LogP contribution in [-0.2, 0) is 26.2 Å². The summed E-state index contributed by atoms with van der Waals surface area (Å²) in [6, 6.07) is 21.3. The maximum absolute atomic E-state index is 14.6. The minimum absolute atomic E-state index is 0.174. The predicted molar refractivity (Wildman–Crippen MR) is 147 cm³/mol. The van der Waals surface area contributed by atoms with Gasteiger partial charge in [-0.25, -0.2) is 4.79 Å². The highest BCUT2D eigenvalue weighted by Gasteiger charge is 2.70. The van der Waals surface area contributed by atoms with Crippen molar-refractivity contribution in [3.63, 3.8) is 0 Å². The van der Waals surface area contributed by atoms with Crippen LogP contribution in [0, 0.1) is 5.92 Å². The zero-order valence-electron chi connectivity index (χ0n) is 21.5. The first-order valence-electron chi connectivity index (χ1n) is 13.3. The number of Topliss-reactive ketones (excluding diaryl/α,β-unsaturated/α-hetero) is 1. The highest BCUT2D eigenvalue weighted by Crippen LogP contribution is 2.57. The summed E-state index contributed by atoms with van der Waals surface area (Å²) < 4.78 is 5.59. The van der Waals surface area contributed by atoms with E-state index in [1.807, 2.05) is 89.8 Å². The number of hydrogen-bond donors (Lipinski definition) is 1. The topological polar surface area (TPSA) is 75.7 Å². The van der Waals surface area contributed by atoms with Crippen molar-refractivity contribution < 1.29 is 19.1 Å². The monoisotopic (exact) mass is 506 g/mol. The summed E-state index contributed by atoms with van der Waals surface area (Å²) in [4.78, 5) is 44.5. The summed E-state index contributed by atoms with van der Waals surface area (Å²) in [6.45, 7) is 4.04. The van der Waals surface area contributed by atoms with Crippen LogP contribution in [0.5, 0.6) is 0 Å². The second kappa shape index (κ2) is 9.28. The Morgan fingerprint density at radius 3 is 2.47 bits per heavy atom. The molecular formula is C32H30N2O4. The molecule has 1 N–H and O–H groups in total. The van der Waals surface area contributed by atoms with Crippen LogP contribution in [0.25, 0.3) is 6.08 Å². The number of rotatable bonds is 6. The van der Waals surface area contributed by atoms with E-state index in [0.29, 0.717) is 11.3 Å². The van der Waals surface area contributed by atoms with Gasteiger partial charge in [-0.1, -0.05) is 86.2 Å². The molecule has 3 heterocycles. The van der Waals surface area contributed by atoms with Gasteiger partial charge in [0, 0.05) is 16.9 Å². The molecule has 38 heavy (non-hydrogen) atoms. The third-order valence-corrected chi connectivity index (χ3v) is 8.13. The Kier molecular flexibility index (Phi) is 5.90. The first-order chi connectivity index (χ1) is 18.5. The Morgan fingerprint density at radius 1 is 0.974 bits per heavy atom. The third-order valence-electron chi connectivity index (χ3n) is 8.13. The molecule has 3 aliphatic heterocycles. The van der Waals surface area contributed by atoms with Gasteiger partial charge >= 0.3 is 5.97 Å². The van der Waals surface area contributed by atoms with Crippen LogP contribution in [0.4, 0.5) is 11.4 Å². The lowest BCUT2D eigenvalue weighted by atomic mass is 9.64. The number of fused-ring (bicyclic) bond motifs is 6. The van der Waals surface area contributed by atoms with Crippen LogP contribution in [0.15, 0.2) is 78.9 Å². The average Bonchev–Trinajstić information content (AvgIpc) is 3.42. The molecular weight excluding hydrogens is 476 g/mol. The molecule has 0 aromatic heterocycles. The van der Waals surface area contributed by atoms with E-state index in [-0.39, 0.29) is 18.3 Å². The van der Waals surface area contributed by atoms with Crippen molar-refractivity contribution in [3.8, 4) is 0 Å². The number of amides is 1. The van der Waals surface area contributed by atoms with E-state index >= 15 is 0 Å². The molecule has 3 aliphatic rings. The Labute approximate surface area is 222 Å². The van der Waals surface area contributed by atoms with Gasteiger partial charge in [-0.15, -0.1) is 0 Å². The fourth-order valence-corrected chi connectivity index (χ4v) is 6.62. The van der Waals surface area contributed by atoms with Gasteiger partial charge in [0.1, 0.15) is 11.5 Å². The van der Waals surface area contributed by atoms with Crippen molar-refractivity contribution >= 4 is 35.1 Å². The van der Waals surface area contributed by atoms with E-state index in [0.717, 1.165) is 35.2 Å². The molecule has 3 aromatic carbocycles. The second-order valence-corrected chi connectivity index (χ2v) is 10.1. The van der Waals surface area contributed by atoms with Crippen LogP contribution >= 0.6 is 0 Å². The van der Waals surface area contributed by atoms with E-state index in [4.69, 9.17) is 4.74 Å². The van der Waals surface area contributed by atoms with Crippen molar-refractivity contribution in [2.45, 2.75) is 44.2 Å². The number of anilines is 2. The Balaban J connectivity index is 1.60. The Hall–Kier alpha value is -4.19. The van der Waals surface area contributed by atoms with E-state index in [1.54, 1.807) is 6.92 Å². The third kappa shape index (κ3) is 3.36. The summed E-state index contributed by atoms with van der Waals surface area (Å²) in [6.07, 6.45) is 5.87. The fraction of sp³-hybridized carbons (Fsp3) is 0.281. The van der Waals surface area contributed by atoms with E-state index in [1.165, 1.54) is 0 Å². The first-order valence-corrected chi connectivity index (χ1v) is 13.3. The van der Waals surface area contributed by atoms with Crippen LogP contribution in [0.1, 0.15) is 47.3 Å². The average molecular weight is 507 g/mol. The second-order valence-electron chi connectivity index (χ2n) is 10.1. The zero-order valence-corrected chi connectivity index (χ0v) is 21.5. The summed E-state index contributed by atoms with van der Waals surface area (Å²) in [5, 5.41) is 3.04. The quantitative estimate of drug-likeness (QED) is 0.369. The number of carbonyl (C=O) groups excluding carboxylic acids is 3. The minimum atomic E-state index is -1.31. The molecule has 4 atom stereocenters. The van der Waals surface area contributed by atoms with Crippen LogP contribution in [-0.4, -0.2) is 36.4 Å². The van der Waals surface area contributed by atoms with Crippen molar-refractivity contribution in [2.24, 2.45) is 5.92 Å². The standard InChI is InChI=1S/C32H30N2O4/c1-3-9-20-14-16-22(17-15-20)29(35)27-28(30(36)38-4-2)34-25-13-8-5-10-21(25)18-19-26(34)32(27)23-11-6-7-12-24(23)33-31(32)37/h5-8,10-19,26-28H,3-4,9H2,1-2H3,(H,33,37)/t26-,27+,28+,32+/m1/s1. The molecule has 0 unspecified atom stereocenters. The normalized spacial score (nSPS) is 24.5. The lowest BCUT2D eigenvalue weighted by Crippen LogP contribution is -2.51. The molecule has 1 amide bonds. The van der Waals surface area contributed by atoms with Crippen molar-refractivity contribution in [1.82, 2.24) is 0 Å². The molecule has 0 bridgehead atoms. The number of nitrogens with zero attached hydrogens (tertiary/aromatic N) is 1. The van der Waals surface area contributed by atoms with E-state index < -0.39 is 29.4 Å². The minimum Gasteiger partial charge on any atom is -0.464 e. The number of esters is 1. The molecule has 6 rings (SSSR count). The molecule has 1 fully saturated rings. The molecule has 3 aromatic rings. The number of carbonyl (C=O) groups is 3. The number of nitrogens with one attached hydrogen (secondary N) is 1. The Morgan fingerprint density at radius 2 is 1.71 bits per heavy atom. The molecule has 0 saturated carbocycles. The smallest absolute Gasteiger partial charge is 0.329 e. The van der Waals surface area contributed by atoms with Gasteiger partial charge in [0.05, 0.1) is 18.6 Å². The summed E-state index contributed by atoms with van der Waals surface area (Å²) in [5.74, 6) is -2.01. The fourth-order valence-electron chi connectivity index (χ4n) is 6.62. The molecule has 0 aliphatic carbocycles.